The van der Waals surface area contributed by atoms with E-state index in [0.717, 1.165) is 23.3 Å². The highest BCUT2D eigenvalue weighted by molar-refractivity contribution is 7.89. The number of carbonyl (C=O) groups excluding carboxylic acids is 1. The van der Waals surface area contributed by atoms with Gasteiger partial charge in [0.1, 0.15) is 0 Å². The largest absolute Gasteiger partial charge is 0.417 e. The summed E-state index contributed by atoms with van der Waals surface area (Å²) in [6.07, 6.45) is -4.83. The van der Waals surface area contributed by atoms with E-state index in [-0.39, 0.29) is 6.54 Å². The van der Waals surface area contributed by atoms with Gasteiger partial charge in [-0.2, -0.15) is 17.9 Å². The van der Waals surface area contributed by atoms with Gasteiger partial charge in [0.05, 0.1) is 16.5 Å². The molecule has 0 saturated carbocycles. The van der Waals surface area contributed by atoms with Crippen LogP contribution in [0.3, 0.4) is 0 Å². The third-order valence-corrected chi connectivity index (χ3v) is 5.39. The minimum Gasteiger partial charge on any atom is -0.351 e. The van der Waals surface area contributed by atoms with Crippen molar-refractivity contribution in [2.75, 3.05) is 0 Å². The van der Waals surface area contributed by atoms with Gasteiger partial charge in [0.25, 0.3) is 0 Å². The molecule has 2 aromatic rings. The first kappa shape index (κ1) is 20.9. The lowest BCUT2D eigenvalue weighted by Crippen LogP contribution is -2.44. The summed E-state index contributed by atoms with van der Waals surface area (Å²) in [6, 6.07) is 9.91. The zero-order valence-corrected chi connectivity index (χ0v) is 15.5. The molecule has 0 spiro atoms. The minimum atomic E-state index is -4.83. The van der Waals surface area contributed by atoms with E-state index in [4.69, 9.17) is 0 Å². The second-order valence-electron chi connectivity index (χ2n) is 6.04. The smallest absolute Gasteiger partial charge is 0.351 e. The van der Waals surface area contributed by atoms with Crippen LogP contribution in [0.4, 0.5) is 13.2 Å². The molecule has 0 unspecified atom stereocenters. The van der Waals surface area contributed by atoms with Crippen LogP contribution >= 0.6 is 0 Å². The maximum absolute atomic E-state index is 13.0. The number of halogens is 3. The molecule has 1 atom stereocenters. The maximum atomic E-state index is 13.0. The molecular weight excluding hydrogens is 381 g/mol. The van der Waals surface area contributed by atoms with E-state index in [1.54, 1.807) is 0 Å². The molecule has 2 N–H and O–H groups in total. The first-order valence-corrected chi connectivity index (χ1v) is 9.51. The number of hydrogen-bond acceptors (Lipinski definition) is 3. The van der Waals surface area contributed by atoms with Crippen molar-refractivity contribution in [3.63, 3.8) is 0 Å². The van der Waals surface area contributed by atoms with Gasteiger partial charge in [-0.1, -0.05) is 42.0 Å². The SMILES string of the molecule is Cc1ccc(CNC(=O)[C@@H](C)NS(=O)(=O)c2ccccc2C(F)(F)F)cc1. The van der Waals surface area contributed by atoms with Crippen LogP contribution < -0.4 is 10.0 Å². The van der Waals surface area contributed by atoms with Crippen molar-refractivity contribution in [2.24, 2.45) is 0 Å². The Morgan fingerprint density at radius 2 is 1.67 bits per heavy atom. The van der Waals surface area contributed by atoms with Gasteiger partial charge in [0.15, 0.2) is 0 Å². The third-order valence-electron chi connectivity index (χ3n) is 3.79. The molecule has 146 valence electrons. The molecule has 27 heavy (non-hydrogen) atoms. The second-order valence-corrected chi connectivity index (χ2v) is 7.72. The van der Waals surface area contributed by atoms with Gasteiger partial charge < -0.3 is 5.32 Å². The lowest BCUT2D eigenvalue weighted by Gasteiger charge is -2.17. The fourth-order valence-corrected chi connectivity index (χ4v) is 3.76. The zero-order chi connectivity index (χ0) is 20.2. The zero-order valence-electron chi connectivity index (χ0n) is 14.7. The predicted octanol–water partition coefficient (Wildman–Crippen LogP) is 3.00. The van der Waals surface area contributed by atoms with Crippen LogP contribution in [-0.4, -0.2) is 20.4 Å². The fourth-order valence-electron chi connectivity index (χ4n) is 2.33. The maximum Gasteiger partial charge on any atom is 0.417 e. The van der Waals surface area contributed by atoms with Crippen molar-refractivity contribution in [3.8, 4) is 0 Å². The first-order chi connectivity index (χ1) is 12.5. The Morgan fingerprint density at radius 1 is 1.07 bits per heavy atom. The highest BCUT2D eigenvalue weighted by atomic mass is 32.2. The van der Waals surface area contributed by atoms with E-state index in [1.165, 1.54) is 13.0 Å². The lowest BCUT2D eigenvalue weighted by molar-refractivity contribution is -0.139. The molecule has 0 heterocycles. The first-order valence-electron chi connectivity index (χ1n) is 8.02. The summed E-state index contributed by atoms with van der Waals surface area (Å²) >= 11 is 0. The van der Waals surface area contributed by atoms with Gasteiger partial charge in [0.2, 0.25) is 15.9 Å². The van der Waals surface area contributed by atoms with E-state index < -0.39 is 38.6 Å². The standard InChI is InChI=1S/C18H19F3N2O3S/c1-12-7-9-14(10-8-12)11-22-17(24)13(2)23-27(25,26)16-6-4-3-5-15(16)18(19,20)21/h3-10,13,23H,11H2,1-2H3,(H,22,24)/t13-/m1/s1. The highest BCUT2D eigenvalue weighted by Gasteiger charge is 2.37. The summed E-state index contributed by atoms with van der Waals surface area (Å²) in [5, 5.41) is 2.55. The summed E-state index contributed by atoms with van der Waals surface area (Å²) in [6.45, 7) is 3.35. The molecule has 0 saturated heterocycles. The summed E-state index contributed by atoms with van der Waals surface area (Å²) in [7, 11) is -4.54. The Kier molecular flexibility index (Phi) is 6.27. The van der Waals surface area contributed by atoms with Gasteiger partial charge >= 0.3 is 6.18 Å². The van der Waals surface area contributed by atoms with Crippen LogP contribution in [0.15, 0.2) is 53.4 Å². The van der Waals surface area contributed by atoms with E-state index in [9.17, 15) is 26.4 Å². The summed E-state index contributed by atoms with van der Waals surface area (Å²) < 4.78 is 65.8. The Hall–Kier alpha value is -2.39. The fraction of sp³-hybridized carbons (Fsp3) is 0.278. The highest BCUT2D eigenvalue weighted by Crippen LogP contribution is 2.33. The molecule has 0 aliphatic heterocycles. The van der Waals surface area contributed by atoms with Crippen molar-refractivity contribution in [1.82, 2.24) is 10.0 Å². The molecular formula is C18H19F3N2O3S. The van der Waals surface area contributed by atoms with Crippen LogP contribution in [0.5, 0.6) is 0 Å². The van der Waals surface area contributed by atoms with Gasteiger partial charge in [-0.15, -0.1) is 0 Å². The number of alkyl halides is 3. The molecule has 0 radical (unpaired) electrons. The number of nitrogens with one attached hydrogen (secondary N) is 2. The van der Waals surface area contributed by atoms with Crippen molar-refractivity contribution >= 4 is 15.9 Å². The summed E-state index contributed by atoms with van der Waals surface area (Å²) in [5.74, 6) is -0.649. The quantitative estimate of drug-likeness (QED) is 0.783. The van der Waals surface area contributed by atoms with Crippen LogP contribution in [-0.2, 0) is 27.5 Å². The van der Waals surface area contributed by atoms with Crippen molar-refractivity contribution in [3.05, 3.63) is 65.2 Å². The third kappa shape index (κ3) is 5.54. The molecule has 0 aromatic heterocycles. The number of aryl methyl sites for hydroxylation is 1. The number of rotatable bonds is 6. The molecule has 2 aromatic carbocycles. The Bertz CT molecular complexity index is 910. The number of hydrogen-bond donors (Lipinski definition) is 2. The Balaban J connectivity index is 2.09. The van der Waals surface area contributed by atoms with Crippen molar-refractivity contribution in [1.29, 1.82) is 0 Å². The lowest BCUT2D eigenvalue weighted by atomic mass is 10.1. The molecule has 0 aliphatic carbocycles. The topological polar surface area (TPSA) is 75.3 Å². The number of carbonyl (C=O) groups is 1. The average molecular weight is 400 g/mol. The van der Waals surface area contributed by atoms with E-state index in [1.807, 2.05) is 35.9 Å². The molecule has 0 fully saturated rings. The number of sulfonamides is 1. The summed E-state index contributed by atoms with van der Waals surface area (Å²) in [5.41, 5.74) is 0.575. The van der Waals surface area contributed by atoms with Gasteiger partial charge in [0, 0.05) is 6.54 Å². The number of amides is 1. The molecule has 1 amide bonds. The molecule has 9 heteroatoms. The van der Waals surface area contributed by atoms with E-state index >= 15 is 0 Å². The monoisotopic (exact) mass is 400 g/mol. The van der Waals surface area contributed by atoms with Crippen LogP contribution in [0, 0.1) is 6.92 Å². The van der Waals surface area contributed by atoms with Gasteiger partial charge in [-0.05, 0) is 31.5 Å². The molecule has 5 nitrogen and oxygen atoms in total. The van der Waals surface area contributed by atoms with Crippen LogP contribution in [0.25, 0.3) is 0 Å². The second kappa shape index (κ2) is 8.10. The van der Waals surface area contributed by atoms with Crippen LogP contribution in [0.2, 0.25) is 0 Å². The van der Waals surface area contributed by atoms with Crippen molar-refractivity contribution < 1.29 is 26.4 Å². The Labute approximate surface area is 155 Å². The van der Waals surface area contributed by atoms with E-state index in [2.05, 4.69) is 5.32 Å². The summed E-state index contributed by atoms with van der Waals surface area (Å²) in [4.78, 5) is 11.2. The van der Waals surface area contributed by atoms with Crippen LogP contribution in [0.1, 0.15) is 23.6 Å². The predicted molar refractivity (Wildman–Crippen MR) is 94.3 cm³/mol. The molecule has 2 rings (SSSR count). The minimum absolute atomic E-state index is 0.171. The molecule has 0 aliphatic rings. The molecule has 0 bridgehead atoms. The van der Waals surface area contributed by atoms with Gasteiger partial charge in [-0.3, -0.25) is 4.79 Å². The van der Waals surface area contributed by atoms with Gasteiger partial charge in [-0.25, -0.2) is 8.42 Å². The Morgan fingerprint density at radius 3 is 2.26 bits per heavy atom. The normalized spacial score (nSPS) is 13.2. The average Bonchev–Trinajstić information content (AvgIpc) is 2.60. The van der Waals surface area contributed by atoms with Crippen molar-refractivity contribution in [2.45, 2.75) is 37.5 Å². The number of benzene rings is 2. The van der Waals surface area contributed by atoms with E-state index in [0.29, 0.717) is 6.07 Å².